The van der Waals surface area contributed by atoms with Gasteiger partial charge in [0.25, 0.3) is 0 Å². The lowest BCUT2D eigenvalue weighted by atomic mass is 10.1. The summed E-state index contributed by atoms with van der Waals surface area (Å²) in [5.74, 6) is 1.77. The summed E-state index contributed by atoms with van der Waals surface area (Å²) in [4.78, 5) is 8.30. The van der Waals surface area contributed by atoms with Crippen LogP contribution in [0.4, 0.5) is 5.69 Å². The van der Waals surface area contributed by atoms with Crippen molar-refractivity contribution < 1.29 is 4.42 Å². The first-order valence-electron chi connectivity index (χ1n) is 5.92. The quantitative estimate of drug-likeness (QED) is 0.857. The maximum Gasteiger partial charge on any atom is 0.181 e. The van der Waals surface area contributed by atoms with Crippen LogP contribution in [-0.4, -0.2) is 30.5 Å². The lowest BCUT2D eigenvalue weighted by molar-refractivity contribution is 0.572. The summed E-state index contributed by atoms with van der Waals surface area (Å²) in [5, 5.41) is 6.60. The molecule has 2 heterocycles. The fraction of sp³-hybridized carbons (Fsp3) is 0.231. The third-order valence-corrected chi connectivity index (χ3v) is 2.81. The Morgan fingerprint density at radius 2 is 2.28 bits per heavy atom. The molecule has 1 aromatic heterocycles. The van der Waals surface area contributed by atoms with Gasteiger partial charge >= 0.3 is 0 Å². The van der Waals surface area contributed by atoms with E-state index in [-0.39, 0.29) is 0 Å². The Labute approximate surface area is 105 Å². The molecule has 2 aromatic rings. The van der Waals surface area contributed by atoms with Crippen LogP contribution in [0.25, 0.3) is 11.3 Å². The standard InChI is InChI=1S/C13H14N4O/c1-2-4-11(17-8-13-15-5-6-16-13)10(3-1)12-7-14-9-18-12/h1-4,7,9,17H,5-6,8H2,(H,15,16). The molecule has 3 rings (SSSR count). The van der Waals surface area contributed by atoms with Gasteiger partial charge in [0.05, 0.1) is 19.3 Å². The molecule has 5 nitrogen and oxygen atoms in total. The fourth-order valence-corrected chi connectivity index (χ4v) is 1.95. The van der Waals surface area contributed by atoms with Crippen LogP contribution in [0.3, 0.4) is 0 Å². The van der Waals surface area contributed by atoms with Crippen LogP contribution in [0.2, 0.25) is 0 Å². The predicted molar refractivity (Wildman–Crippen MR) is 70.7 cm³/mol. The van der Waals surface area contributed by atoms with Crippen LogP contribution in [0, 0.1) is 0 Å². The Morgan fingerprint density at radius 3 is 3.06 bits per heavy atom. The minimum Gasteiger partial charge on any atom is -0.443 e. The normalized spacial score (nSPS) is 14.1. The Kier molecular flexibility index (Phi) is 2.96. The average Bonchev–Trinajstić information content (AvgIpc) is 3.10. The van der Waals surface area contributed by atoms with E-state index in [0.29, 0.717) is 6.54 Å². The molecule has 5 heteroatoms. The fourth-order valence-electron chi connectivity index (χ4n) is 1.95. The zero-order chi connectivity index (χ0) is 12.2. The lowest BCUT2D eigenvalue weighted by Gasteiger charge is -2.10. The van der Waals surface area contributed by atoms with Crippen molar-refractivity contribution in [2.45, 2.75) is 0 Å². The van der Waals surface area contributed by atoms with E-state index in [1.165, 1.54) is 6.39 Å². The van der Waals surface area contributed by atoms with Gasteiger partial charge in [0.1, 0.15) is 5.84 Å². The molecule has 0 aliphatic carbocycles. The lowest BCUT2D eigenvalue weighted by Crippen LogP contribution is -2.26. The highest BCUT2D eigenvalue weighted by atomic mass is 16.3. The van der Waals surface area contributed by atoms with Gasteiger partial charge in [-0.2, -0.15) is 0 Å². The molecule has 0 saturated heterocycles. The van der Waals surface area contributed by atoms with Crippen molar-refractivity contribution in [3.05, 3.63) is 36.9 Å². The number of para-hydroxylation sites is 1. The van der Waals surface area contributed by atoms with Crippen molar-refractivity contribution >= 4 is 11.5 Å². The van der Waals surface area contributed by atoms with Gasteiger partial charge in [-0.1, -0.05) is 12.1 Å². The molecule has 0 atom stereocenters. The van der Waals surface area contributed by atoms with Gasteiger partial charge in [-0.15, -0.1) is 0 Å². The Bertz CT molecular complexity index is 548. The average molecular weight is 242 g/mol. The highest BCUT2D eigenvalue weighted by Gasteiger charge is 2.09. The van der Waals surface area contributed by atoms with E-state index in [2.05, 4.69) is 20.6 Å². The minimum atomic E-state index is 0.700. The number of hydrogen-bond donors (Lipinski definition) is 2. The van der Waals surface area contributed by atoms with Crippen LogP contribution >= 0.6 is 0 Å². The smallest absolute Gasteiger partial charge is 0.181 e. The monoisotopic (exact) mass is 242 g/mol. The van der Waals surface area contributed by atoms with Crippen molar-refractivity contribution in [1.29, 1.82) is 0 Å². The largest absolute Gasteiger partial charge is 0.443 e. The molecular formula is C13H14N4O. The van der Waals surface area contributed by atoms with Crippen LogP contribution in [-0.2, 0) is 0 Å². The Balaban J connectivity index is 1.79. The predicted octanol–water partition coefficient (Wildman–Crippen LogP) is 1.76. The molecule has 2 N–H and O–H groups in total. The second kappa shape index (κ2) is 4.91. The van der Waals surface area contributed by atoms with E-state index in [1.54, 1.807) is 6.20 Å². The summed E-state index contributed by atoms with van der Waals surface area (Å²) in [6, 6.07) is 8.00. The van der Waals surface area contributed by atoms with E-state index >= 15 is 0 Å². The minimum absolute atomic E-state index is 0.700. The molecule has 0 saturated carbocycles. The third kappa shape index (κ3) is 2.20. The molecule has 18 heavy (non-hydrogen) atoms. The van der Waals surface area contributed by atoms with Gasteiger partial charge in [-0.05, 0) is 12.1 Å². The summed E-state index contributed by atoms with van der Waals surface area (Å²) in [7, 11) is 0. The zero-order valence-corrected chi connectivity index (χ0v) is 9.89. The van der Waals surface area contributed by atoms with Crippen LogP contribution in [0.5, 0.6) is 0 Å². The second-order valence-corrected chi connectivity index (χ2v) is 4.02. The van der Waals surface area contributed by atoms with Gasteiger partial charge in [0.2, 0.25) is 0 Å². The number of hydrogen-bond acceptors (Lipinski definition) is 5. The van der Waals surface area contributed by atoms with Gasteiger partial charge < -0.3 is 15.1 Å². The molecule has 0 amide bonds. The maximum atomic E-state index is 5.34. The molecule has 1 aliphatic rings. The van der Waals surface area contributed by atoms with E-state index in [4.69, 9.17) is 4.42 Å². The molecule has 0 spiro atoms. The highest BCUT2D eigenvalue weighted by molar-refractivity contribution is 5.88. The van der Waals surface area contributed by atoms with Gasteiger partial charge in [0.15, 0.2) is 12.2 Å². The van der Waals surface area contributed by atoms with Crippen molar-refractivity contribution in [1.82, 2.24) is 10.3 Å². The van der Waals surface area contributed by atoms with Gasteiger partial charge in [0, 0.05) is 17.8 Å². The molecule has 92 valence electrons. The Hall–Kier alpha value is -2.30. The number of aromatic nitrogens is 1. The number of anilines is 1. The van der Waals surface area contributed by atoms with Crippen LogP contribution in [0.1, 0.15) is 0 Å². The molecule has 0 unspecified atom stereocenters. The van der Waals surface area contributed by atoms with E-state index in [9.17, 15) is 0 Å². The first kappa shape index (κ1) is 10.8. The summed E-state index contributed by atoms with van der Waals surface area (Å²) in [6.07, 6.45) is 3.15. The van der Waals surface area contributed by atoms with Crippen molar-refractivity contribution in [2.24, 2.45) is 4.99 Å². The summed E-state index contributed by atoms with van der Waals surface area (Å²) >= 11 is 0. The van der Waals surface area contributed by atoms with Gasteiger partial charge in [-0.25, -0.2) is 4.98 Å². The number of benzene rings is 1. The third-order valence-electron chi connectivity index (χ3n) is 2.81. The molecule has 1 aromatic carbocycles. The number of amidine groups is 1. The summed E-state index contributed by atoms with van der Waals surface area (Å²) in [6.45, 7) is 2.49. The number of nitrogens with one attached hydrogen (secondary N) is 2. The van der Waals surface area contributed by atoms with E-state index in [1.807, 2.05) is 24.3 Å². The number of oxazole rings is 1. The maximum absolute atomic E-state index is 5.34. The topological polar surface area (TPSA) is 62.5 Å². The van der Waals surface area contributed by atoms with Crippen LogP contribution < -0.4 is 10.6 Å². The van der Waals surface area contributed by atoms with Crippen molar-refractivity contribution in [2.75, 3.05) is 25.0 Å². The highest BCUT2D eigenvalue weighted by Crippen LogP contribution is 2.27. The van der Waals surface area contributed by atoms with Gasteiger partial charge in [-0.3, -0.25) is 4.99 Å². The SMILES string of the molecule is c1ccc(-c2cnco2)c(NCC2=NCCN2)c1. The van der Waals surface area contributed by atoms with Crippen molar-refractivity contribution in [3.8, 4) is 11.3 Å². The number of aliphatic imine (C=N–C) groups is 1. The molecule has 0 fully saturated rings. The van der Waals surface area contributed by atoms with E-state index < -0.39 is 0 Å². The van der Waals surface area contributed by atoms with E-state index in [0.717, 1.165) is 35.9 Å². The number of nitrogens with zero attached hydrogens (tertiary/aromatic N) is 2. The first-order valence-corrected chi connectivity index (χ1v) is 5.92. The zero-order valence-electron chi connectivity index (χ0n) is 9.89. The Morgan fingerprint density at radius 1 is 1.33 bits per heavy atom. The molecule has 1 aliphatic heterocycles. The summed E-state index contributed by atoms with van der Waals surface area (Å²) in [5.41, 5.74) is 2.03. The second-order valence-electron chi connectivity index (χ2n) is 4.02. The summed E-state index contributed by atoms with van der Waals surface area (Å²) < 4.78 is 5.34. The first-order chi connectivity index (χ1) is 8.93. The van der Waals surface area contributed by atoms with Crippen LogP contribution in [0.15, 0.2) is 46.3 Å². The van der Waals surface area contributed by atoms with Crippen molar-refractivity contribution in [3.63, 3.8) is 0 Å². The molecule has 0 bridgehead atoms. The molecular weight excluding hydrogens is 228 g/mol. The molecule has 0 radical (unpaired) electrons. The number of rotatable bonds is 4.